The highest BCUT2D eigenvalue weighted by Crippen LogP contribution is 2.35. The molecule has 0 radical (unpaired) electrons. The van der Waals surface area contributed by atoms with Gasteiger partial charge in [-0.1, -0.05) is 0 Å². The fraction of sp³-hybridized carbons (Fsp3) is 0.176. The van der Waals surface area contributed by atoms with Crippen LogP contribution in [0.1, 0.15) is 0 Å². The zero-order valence-electron chi connectivity index (χ0n) is 13.5. The number of anilines is 2. The van der Waals surface area contributed by atoms with E-state index in [0.29, 0.717) is 17.3 Å². The number of aromatic nitrogens is 2. The summed E-state index contributed by atoms with van der Waals surface area (Å²) in [6, 6.07) is 9.39. The minimum Gasteiger partial charge on any atom is -0.496 e. The Labute approximate surface area is 147 Å². The van der Waals surface area contributed by atoms with Gasteiger partial charge in [-0.25, -0.2) is 9.97 Å². The normalized spacial score (nSPS) is 10.5. The van der Waals surface area contributed by atoms with E-state index in [4.69, 9.17) is 14.2 Å². The Morgan fingerprint density at radius 3 is 2.25 bits per heavy atom. The van der Waals surface area contributed by atoms with Crippen LogP contribution in [0, 0.1) is 0 Å². The van der Waals surface area contributed by atoms with Crippen LogP contribution in [-0.2, 0) is 0 Å². The number of nitrogens with zero attached hydrogens (tertiary/aromatic N) is 2. The van der Waals surface area contributed by atoms with Crippen LogP contribution in [0.3, 0.4) is 0 Å². The second-order valence-corrected chi connectivity index (χ2v) is 5.78. The molecule has 0 spiro atoms. The molecule has 6 nitrogen and oxygen atoms in total. The zero-order valence-corrected chi connectivity index (χ0v) is 15.0. The molecule has 1 aromatic heterocycles. The summed E-state index contributed by atoms with van der Waals surface area (Å²) in [5, 5.41) is 4.13. The van der Waals surface area contributed by atoms with Crippen LogP contribution in [0.4, 0.5) is 11.5 Å². The molecule has 0 bridgehead atoms. The van der Waals surface area contributed by atoms with Crippen molar-refractivity contribution in [2.24, 2.45) is 0 Å². The highest BCUT2D eigenvalue weighted by atomic mass is 79.9. The number of halogens is 1. The van der Waals surface area contributed by atoms with Crippen molar-refractivity contribution >= 4 is 38.3 Å². The van der Waals surface area contributed by atoms with E-state index in [1.807, 2.05) is 30.3 Å². The lowest BCUT2D eigenvalue weighted by molar-refractivity contribution is 0.356. The molecule has 124 valence electrons. The number of methoxy groups -OCH3 is 3. The smallest absolute Gasteiger partial charge is 0.162 e. The molecule has 0 aliphatic rings. The molecule has 0 aliphatic heterocycles. The van der Waals surface area contributed by atoms with Crippen molar-refractivity contribution in [1.82, 2.24) is 9.97 Å². The van der Waals surface area contributed by atoms with Gasteiger partial charge in [0.15, 0.2) is 11.5 Å². The van der Waals surface area contributed by atoms with E-state index in [2.05, 4.69) is 31.2 Å². The van der Waals surface area contributed by atoms with Gasteiger partial charge in [-0.05, 0) is 40.2 Å². The number of rotatable bonds is 5. The van der Waals surface area contributed by atoms with Crippen molar-refractivity contribution in [1.29, 1.82) is 0 Å². The molecule has 1 heterocycles. The maximum absolute atomic E-state index is 5.37. The lowest BCUT2D eigenvalue weighted by Gasteiger charge is -2.12. The Bertz CT molecular complexity index is 886. The molecule has 24 heavy (non-hydrogen) atoms. The van der Waals surface area contributed by atoms with Gasteiger partial charge in [0.2, 0.25) is 0 Å². The number of fused-ring (bicyclic) bond motifs is 1. The number of nitrogens with one attached hydrogen (secondary N) is 1. The molecule has 0 saturated carbocycles. The monoisotopic (exact) mass is 389 g/mol. The lowest BCUT2D eigenvalue weighted by atomic mass is 10.2. The predicted molar refractivity (Wildman–Crippen MR) is 96.6 cm³/mol. The van der Waals surface area contributed by atoms with Gasteiger partial charge < -0.3 is 19.5 Å². The van der Waals surface area contributed by atoms with E-state index in [-0.39, 0.29) is 0 Å². The second kappa shape index (κ2) is 6.92. The highest BCUT2D eigenvalue weighted by Gasteiger charge is 2.11. The van der Waals surface area contributed by atoms with E-state index >= 15 is 0 Å². The van der Waals surface area contributed by atoms with Crippen LogP contribution in [0.5, 0.6) is 17.2 Å². The summed E-state index contributed by atoms with van der Waals surface area (Å²) in [4.78, 5) is 8.64. The summed E-state index contributed by atoms with van der Waals surface area (Å²) in [6.07, 6.45) is 1.51. The van der Waals surface area contributed by atoms with Crippen molar-refractivity contribution in [2.45, 2.75) is 0 Å². The summed E-state index contributed by atoms with van der Waals surface area (Å²) in [7, 11) is 4.82. The molecule has 2 aromatic carbocycles. The fourth-order valence-corrected chi connectivity index (χ4v) is 2.90. The van der Waals surface area contributed by atoms with Gasteiger partial charge in [-0.2, -0.15) is 0 Å². The van der Waals surface area contributed by atoms with Gasteiger partial charge in [0.05, 0.1) is 31.3 Å². The summed E-state index contributed by atoms with van der Waals surface area (Å²) in [5.41, 5.74) is 1.63. The van der Waals surface area contributed by atoms with Gasteiger partial charge in [-0.3, -0.25) is 0 Å². The summed E-state index contributed by atoms with van der Waals surface area (Å²) >= 11 is 3.48. The van der Waals surface area contributed by atoms with Crippen molar-refractivity contribution in [3.63, 3.8) is 0 Å². The van der Waals surface area contributed by atoms with E-state index in [1.54, 1.807) is 21.3 Å². The van der Waals surface area contributed by atoms with Gasteiger partial charge in [0.1, 0.15) is 17.9 Å². The molecule has 0 amide bonds. The fourth-order valence-electron chi connectivity index (χ4n) is 2.36. The minimum absolute atomic E-state index is 0.624. The zero-order chi connectivity index (χ0) is 17.1. The third-order valence-corrected chi connectivity index (χ3v) is 4.17. The van der Waals surface area contributed by atoms with Crippen LogP contribution in [0.15, 0.2) is 41.1 Å². The van der Waals surface area contributed by atoms with Crippen molar-refractivity contribution in [3.05, 3.63) is 41.1 Å². The first-order valence-corrected chi connectivity index (χ1v) is 7.93. The third-order valence-electron chi connectivity index (χ3n) is 3.56. The topological polar surface area (TPSA) is 65.5 Å². The third kappa shape index (κ3) is 3.07. The Hall–Kier alpha value is -2.54. The van der Waals surface area contributed by atoms with E-state index in [0.717, 1.165) is 26.8 Å². The van der Waals surface area contributed by atoms with Crippen LogP contribution in [-0.4, -0.2) is 31.3 Å². The SMILES string of the molecule is COc1ccc(Nc2ncnc3cc(OC)c(OC)cc23)cc1Br. The Morgan fingerprint density at radius 2 is 1.58 bits per heavy atom. The lowest BCUT2D eigenvalue weighted by Crippen LogP contribution is -1.98. The van der Waals surface area contributed by atoms with Gasteiger partial charge in [0.25, 0.3) is 0 Å². The van der Waals surface area contributed by atoms with Gasteiger partial charge in [-0.15, -0.1) is 0 Å². The molecule has 3 aromatic rings. The number of hydrogen-bond acceptors (Lipinski definition) is 6. The van der Waals surface area contributed by atoms with E-state index in [9.17, 15) is 0 Å². The maximum atomic E-state index is 5.37. The van der Waals surface area contributed by atoms with Crippen LogP contribution < -0.4 is 19.5 Å². The molecule has 0 unspecified atom stereocenters. The van der Waals surface area contributed by atoms with Gasteiger partial charge in [0, 0.05) is 17.1 Å². The first kappa shape index (κ1) is 16.3. The Balaban J connectivity index is 2.04. The molecular weight excluding hydrogens is 374 g/mol. The highest BCUT2D eigenvalue weighted by molar-refractivity contribution is 9.10. The predicted octanol–water partition coefficient (Wildman–Crippen LogP) is 4.16. The molecular formula is C17H16BrN3O3. The molecule has 0 fully saturated rings. The first-order valence-electron chi connectivity index (χ1n) is 7.13. The first-order chi connectivity index (χ1) is 11.7. The van der Waals surface area contributed by atoms with Gasteiger partial charge >= 0.3 is 0 Å². The van der Waals surface area contributed by atoms with Crippen molar-refractivity contribution < 1.29 is 14.2 Å². The molecule has 0 atom stereocenters. The number of hydrogen-bond donors (Lipinski definition) is 1. The van der Waals surface area contributed by atoms with E-state index in [1.165, 1.54) is 6.33 Å². The Kier molecular flexibility index (Phi) is 4.71. The van der Waals surface area contributed by atoms with E-state index < -0.39 is 0 Å². The summed E-state index contributed by atoms with van der Waals surface area (Å²) in [5.74, 6) is 2.69. The van der Waals surface area contributed by atoms with Crippen LogP contribution in [0.25, 0.3) is 10.9 Å². The second-order valence-electron chi connectivity index (χ2n) is 4.92. The quantitative estimate of drug-likeness (QED) is 0.706. The number of benzene rings is 2. The largest absolute Gasteiger partial charge is 0.496 e. The van der Waals surface area contributed by atoms with Crippen LogP contribution in [0.2, 0.25) is 0 Å². The van der Waals surface area contributed by atoms with Crippen LogP contribution >= 0.6 is 15.9 Å². The average Bonchev–Trinajstić information content (AvgIpc) is 2.61. The molecule has 0 aliphatic carbocycles. The summed E-state index contributed by atoms with van der Waals surface area (Å²) < 4.78 is 16.8. The van der Waals surface area contributed by atoms with Crippen molar-refractivity contribution in [2.75, 3.05) is 26.6 Å². The van der Waals surface area contributed by atoms with Crippen molar-refractivity contribution in [3.8, 4) is 17.2 Å². The Morgan fingerprint density at radius 1 is 0.875 bits per heavy atom. The molecule has 1 N–H and O–H groups in total. The molecule has 3 rings (SSSR count). The maximum Gasteiger partial charge on any atom is 0.162 e. The molecule has 0 saturated heterocycles. The average molecular weight is 390 g/mol. The standard InChI is InChI=1S/C17H16BrN3O3/c1-22-14-5-4-10(6-12(14)18)21-17-11-7-15(23-2)16(24-3)8-13(11)19-9-20-17/h4-9H,1-3H3,(H,19,20,21). The minimum atomic E-state index is 0.624. The number of ether oxygens (including phenoxy) is 3. The molecule has 7 heteroatoms. The summed E-state index contributed by atoms with van der Waals surface area (Å²) in [6.45, 7) is 0.